The smallest absolute Gasteiger partial charge is 0.162 e. The van der Waals surface area contributed by atoms with Gasteiger partial charge in [0.1, 0.15) is 0 Å². The van der Waals surface area contributed by atoms with Crippen LogP contribution in [0.1, 0.15) is 25.0 Å². The Balaban J connectivity index is 1.94. The fourth-order valence-corrected chi connectivity index (χ4v) is 2.72. The van der Waals surface area contributed by atoms with Crippen LogP contribution < -0.4 is 5.73 Å². The molecule has 1 saturated carbocycles. The van der Waals surface area contributed by atoms with E-state index in [1.165, 1.54) is 6.42 Å². The van der Waals surface area contributed by atoms with Crippen molar-refractivity contribution in [2.45, 2.75) is 24.8 Å². The molecule has 2 aromatic heterocycles. The number of furan rings is 1. The maximum absolute atomic E-state index is 6.20. The molecule has 2 aromatic rings. The number of thiazole rings is 1. The largest absolute Gasteiger partial charge is 0.462 e. The molecule has 4 heteroatoms. The number of hydrogen-bond acceptors (Lipinski definition) is 4. The first-order valence-electron chi connectivity index (χ1n) is 5.07. The molecule has 0 unspecified atom stereocenters. The molecular weight excluding hydrogens is 208 g/mol. The molecule has 0 spiro atoms. The molecule has 0 aliphatic heterocycles. The van der Waals surface area contributed by atoms with E-state index in [0.717, 1.165) is 29.3 Å². The lowest BCUT2D eigenvalue weighted by Gasteiger charge is -2.36. The first kappa shape index (κ1) is 9.12. The van der Waals surface area contributed by atoms with Gasteiger partial charge < -0.3 is 10.2 Å². The second kappa shape index (κ2) is 3.18. The predicted octanol–water partition coefficient (Wildman–Crippen LogP) is 2.74. The second-order valence-corrected chi connectivity index (χ2v) is 4.88. The molecule has 0 aromatic carbocycles. The van der Waals surface area contributed by atoms with E-state index in [9.17, 15) is 0 Å². The van der Waals surface area contributed by atoms with Crippen molar-refractivity contribution in [3.63, 3.8) is 0 Å². The van der Waals surface area contributed by atoms with E-state index in [4.69, 9.17) is 10.2 Å². The van der Waals surface area contributed by atoms with Crippen molar-refractivity contribution in [2.24, 2.45) is 5.73 Å². The molecule has 2 heterocycles. The lowest BCUT2D eigenvalue weighted by Crippen LogP contribution is -2.43. The van der Waals surface area contributed by atoms with E-state index in [1.807, 2.05) is 12.1 Å². The van der Waals surface area contributed by atoms with Gasteiger partial charge in [-0.25, -0.2) is 4.98 Å². The van der Waals surface area contributed by atoms with Crippen LogP contribution >= 0.6 is 11.3 Å². The molecule has 78 valence electrons. The Bertz CT molecular complexity index is 457. The Morgan fingerprint density at radius 2 is 2.33 bits per heavy atom. The van der Waals surface area contributed by atoms with Gasteiger partial charge in [0.2, 0.25) is 0 Å². The molecule has 3 nitrogen and oxygen atoms in total. The molecule has 3 rings (SSSR count). The summed E-state index contributed by atoms with van der Waals surface area (Å²) >= 11 is 1.60. The van der Waals surface area contributed by atoms with Crippen molar-refractivity contribution in [1.29, 1.82) is 0 Å². The first-order chi connectivity index (χ1) is 7.28. The fourth-order valence-electron chi connectivity index (χ4n) is 1.83. The van der Waals surface area contributed by atoms with Crippen LogP contribution in [0.25, 0.3) is 10.8 Å². The highest BCUT2D eigenvalue weighted by Gasteiger charge is 2.36. The summed E-state index contributed by atoms with van der Waals surface area (Å²) in [6.07, 6.45) is 4.98. The van der Waals surface area contributed by atoms with Gasteiger partial charge in [-0.05, 0) is 31.4 Å². The summed E-state index contributed by atoms with van der Waals surface area (Å²) in [6, 6.07) is 3.80. The van der Waals surface area contributed by atoms with Gasteiger partial charge in [-0.1, -0.05) is 0 Å². The molecule has 1 aliphatic carbocycles. The first-order valence-corrected chi connectivity index (χ1v) is 5.95. The zero-order chi connectivity index (χ0) is 10.3. The average molecular weight is 220 g/mol. The summed E-state index contributed by atoms with van der Waals surface area (Å²) in [4.78, 5) is 4.55. The van der Waals surface area contributed by atoms with Crippen LogP contribution in [0.3, 0.4) is 0 Å². The molecule has 0 saturated heterocycles. The van der Waals surface area contributed by atoms with Crippen molar-refractivity contribution < 1.29 is 4.42 Å². The highest BCUT2D eigenvalue weighted by Crippen LogP contribution is 2.40. The van der Waals surface area contributed by atoms with E-state index in [1.54, 1.807) is 17.6 Å². The van der Waals surface area contributed by atoms with Crippen LogP contribution in [0.5, 0.6) is 0 Å². The summed E-state index contributed by atoms with van der Waals surface area (Å²) in [5.41, 5.74) is 7.06. The van der Waals surface area contributed by atoms with Crippen molar-refractivity contribution in [3.8, 4) is 10.8 Å². The second-order valence-electron chi connectivity index (χ2n) is 4.02. The summed E-state index contributed by atoms with van der Waals surface area (Å²) < 4.78 is 5.30. The maximum Gasteiger partial charge on any atom is 0.162 e. The Morgan fingerprint density at radius 3 is 2.93 bits per heavy atom. The third-order valence-electron chi connectivity index (χ3n) is 2.99. The Kier molecular flexibility index (Phi) is 1.94. The molecule has 0 bridgehead atoms. The van der Waals surface area contributed by atoms with Crippen LogP contribution in [0.15, 0.2) is 28.2 Å². The van der Waals surface area contributed by atoms with Gasteiger partial charge in [-0.3, -0.25) is 0 Å². The van der Waals surface area contributed by atoms with Crippen LogP contribution in [0.4, 0.5) is 0 Å². The Morgan fingerprint density at radius 1 is 1.47 bits per heavy atom. The van der Waals surface area contributed by atoms with Crippen molar-refractivity contribution in [1.82, 2.24) is 4.98 Å². The van der Waals surface area contributed by atoms with Gasteiger partial charge in [0.05, 0.1) is 17.5 Å². The summed E-state index contributed by atoms with van der Waals surface area (Å²) in [5.74, 6) is 0.828. The summed E-state index contributed by atoms with van der Waals surface area (Å²) in [5, 5.41) is 2.98. The molecular formula is C11H12N2OS. The zero-order valence-electron chi connectivity index (χ0n) is 8.27. The zero-order valence-corrected chi connectivity index (χ0v) is 9.09. The predicted molar refractivity (Wildman–Crippen MR) is 59.5 cm³/mol. The number of aromatic nitrogens is 1. The van der Waals surface area contributed by atoms with Crippen LogP contribution in [-0.4, -0.2) is 4.98 Å². The third-order valence-corrected chi connectivity index (χ3v) is 3.85. The number of hydrogen-bond donors (Lipinski definition) is 1. The van der Waals surface area contributed by atoms with Gasteiger partial charge in [0.15, 0.2) is 10.8 Å². The minimum atomic E-state index is -0.165. The monoisotopic (exact) mass is 220 g/mol. The Labute approximate surface area is 91.9 Å². The maximum atomic E-state index is 6.20. The topological polar surface area (TPSA) is 52.0 Å². The number of nitrogens with two attached hydrogens (primary N) is 1. The molecule has 1 fully saturated rings. The molecule has 15 heavy (non-hydrogen) atoms. The highest BCUT2D eigenvalue weighted by molar-refractivity contribution is 7.13. The van der Waals surface area contributed by atoms with Gasteiger partial charge in [-0.15, -0.1) is 11.3 Å². The van der Waals surface area contributed by atoms with Gasteiger partial charge in [0, 0.05) is 5.38 Å². The minimum Gasteiger partial charge on any atom is -0.462 e. The minimum absolute atomic E-state index is 0.165. The quantitative estimate of drug-likeness (QED) is 0.846. The molecule has 0 atom stereocenters. The van der Waals surface area contributed by atoms with Crippen LogP contribution in [0.2, 0.25) is 0 Å². The van der Waals surface area contributed by atoms with E-state index < -0.39 is 0 Å². The van der Waals surface area contributed by atoms with Gasteiger partial charge >= 0.3 is 0 Å². The summed E-state index contributed by atoms with van der Waals surface area (Å²) in [7, 11) is 0. The summed E-state index contributed by atoms with van der Waals surface area (Å²) in [6.45, 7) is 0. The van der Waals surface area contributed by atoms with E-state index >= 15 is 0 Å². The average Bonchev–Trinajstić information content (AvgIpc) is 2.84. The van der Waals surface area contributed by atoms with Crippen LogP contribution in [0, 0.1) is 0 Å². The number of nitrogens with zero attached hydrogens (tertiary/aromatic N) is 1. The molecule has 2 N–H and O–H groups in total. The molecule has 1 aliphatic rings. The number of rotatable bonds is 2. The van der Waals surface area contributed by atoms with Crippen molar-refractivity contribution in [2.75, 3.05) is 0 Å². The fraction of sp³-hybridized carbons (Fsp3) is 0.364. The third kappa shape index (κ3) is 1.41. The molecule has 0 radical (unpaired) electrons. The lowest BCUT2D eigenvalue weighted by molar-refractivity contribution is 0.247. The lowest BCUT2D eigenvalue weighted by atomic mass is 9.76. The van der Waals surface area contributed by atoms with E-state index in [-0.39, 0.29) is 5.54 Å². The Hall–Kier alpha value is -1.13. The van der Waals surface area contributed by atoms with E-state index in [2.05, 4.69) is 10.4 Å². The standard InChI is InChI=1S/C11H12N2OS/c12-11(4-2-5-11)9-7-15-10(13-9)8-3-1-6-14-8/h1,3,6-7H,2,4-5,12H2. The van der Waals surface area contributed by atoms with Gasteiger partial charge in [0.25, 0.3) is 0 Å². The van der Waals surface area contributed by atoms with Crippen LogP contribution in [-0.2, 0) is 5.54 Å². The molecule has 0 amide bonds. The van der Waals surface area contributed by atoms with E-state index in [0.29, 0.717) is 0 Å². The van der Waals surface area contributed by atoms with Crippen molar-refractivity contribution >= 4 is 11.3 Å². The van der Waals surface area contributed by atoms with Gasteiger partial charge in [-0.2, -0.15) is 0 Å². The normalized spacial score (nSPS) is 18.7. The SMILES string of the molecule is NC1(c2csc(-c3ccco3)n2)CCC1. The van der Waals surface area contributed by atoms with Crippen molar-refractivity contribution in [3.05, 3.63) is 29.5 Å². The highest BCUT2D eigenvalue weighted by atomic mass is 32.1.